The van der Waals surface area contributed by atoms with E-state index >= 15 is 0 Å². The van der Waals surface area contributed by atoms with Crippen LogP contribution in [-0.2, 0) is 4.79 Å². The van der Waals surface area contributed by atoms with E-state index in [1.807, 2.05) is 11.8 Å². The Morgan fingerprint density at radius 1 is 1.33 bits per heavy atom. The second kappa shape index (κ2) is 6.86. The average Bonchev–Trinajstić information content (AvgIpc) is 3.16. The van der Waals surface area contributed by atoms with Crippen LogP contribution in [0.25, 0.3) is 0 Å². The number of thioether (sulfide) groups is 1. The standard InChI is InChI=1S/C15H27N3O2S/c19-12-9-13(16-10-12)14(20)17-11-15(3-1-2-4-15)18-5-7-21-8-6-18/h12-13,16,19H,1-11H2,(H,17,20). The number of aliphatic hydroxyl groups excluding tert-OH is 1. The summed E-state index contributed by atoms with van der Waals surface area (Å²) in [4.78, 5) is 14.9. The SMILES string of the molecule is O=C(NCC1(N2CCSCC2)CCCC1)C1CC(O)CN1. The number of hydrogen-bond donors (Lipinski definition) is 3. The van der Waals surface area contributed by atoms with Gasteiger partial charge in [0.25, 0.3) is 0 Å². The summed E-state index contributed by atoms with van der Waals surface area (Å²) in [5.41, 5.74) is 0.188. The summed E-state index contributed by atoms with van der Waals surface area (Å²) in [6, 6.07) is -0.213. The highest BCUT2D eigenvalue weighted by atomic mass is 32.2. The van der Waals surface area contributed by atoms with Crippen molar-refractivity contribution >= 4 is 17.7 Å². The monoisotopic (exact) mass is 313 g/mol. The highest BCUT2D eigenvalue weighted by Gasteiger charge is 2.40. The number of carbonyl (C=O) groups is 1. The number of amides is 1. The molecule has 3 N–H and O–H groups in total. The summed E-state index contributed by atoms with van der Waals surface area (Å²) in [5.74, 6) is 2.49. The molecule has 0 spiro atoms. The van der Waals surface area contributed by atoms with Crippen LogP contribution in [0.5, 0.6) is 0 Å². The topological polar surface area (TPSA) is 64.6 Å². The summed E-state index contributed by atoms with van der Waals surface area (Å²) in [5, 5.41) is 15.8. The van der Waals surface area contributed by atoms with E-state index in [9.17, 15) is 9.90 Å². The molecule has 2 heterocycles. The van der Waals surface area contributed by atoms with Gasteiger partial charge in [-0.05, 0) is 19.3 Å². The second-order valence-electron chi connectivity index (χ2n) is 6.60. The zero-order valence-electron chi connectivity index (χ0n) is 12.6. The van der Waals surface area contributed by atoms with E-state index in [1.165, 1.54) is 37.2 Å². The fourth-order valence-electron chi connectivity index (χ4n) is 3.97. The first-order valence-corrected chi connectivity index (χ1v) is 9.37. The summed E-state index contributed by atoms with van der Waals surface area (Å²) >= 11 is 2.03. The van der Waals surface area contributed by atoms with Crippen LogP contribution in [0, 0.1) is 0 Å². The Balaban J connectivity index is 1.56. The number of aliphatic hydroxyl groups is 1. The van der Waals surface area contributed by atoms with Crippen molar-refractivity contribution in [3.05, 3.63) is 0 Å². The highest BCUT2D eigenvalue weighted by Crippen LogP contribution is 2.36. The fraction of sp³-hybridized carbons (Fsp3) is 0.933. The molecule has 1 amide bonds. The molecule has 0 radical (unpaired) electrons. The molecule has 5 nitrogen and oxygen atoms in total. The van der Waals surface area contributed by atoms with Gasteiger partial charge < -0.3 is 15.7 Å². The van der Waals surface area contributed by atoms with Gasteiger partial charge in [-0.1, -0.05) is 12.8 Å². The van der Waals surface area contributed by atoms with Gasteiger partial charge in [0.05, 0.1) is 12.1 Å². The number of β-amino-alcohol motifs (C(OH)–C–C–N with tert-alkyl or cyclic N) is 1. The first-order valence-electron chi connectivity index (χ1n) is 8.22. The van der Waals surface area contributed by atoms with Crippen molar-refractivity contribution in [1.82, 2.24) is 15.5 Å². The molecule has 0 aromatic rings. The molecule has 2 aliphatic heterocycles. The molecule has 3 fully saturated rings. The van der Waals surface area contributed by atoms with E-state index in [0.717, 1.165) is 19.6 Å². The zero-order valence-corrected chi connectivity index (χ0v) is 13.5. The van der Waals surface area contributed by atoms with Crippen LogP contribution in [0.4, 0.5) is 0 Å². The molecule has 120 valence electrons. The lowest BCUT2D eigenvalue weighted by atomic mass is 9.94. The molecule has 6 heteroatoms. The Labute approximate surface area is 131 Å². The molecule has 2 unspecified atom stereocenters. The van der Waals surface area contributed by atoms with Gasteiger partial charge in [0.15, 0.2) is 0 Å². The van der Waals surface area contributed by atoms with Gasteiger partial charge in [0, 0.05) is 43.2 Å². The first kappa shape index (κ1) is 15.6. The Hall–Kier alpha value is -0.300. The maximum Gasteiger partial charge on any atom is 0.237 e. The zero-order chi connectivity index (χ0) is 14.7. The molecule has 0 bridgehead atoms. The summed E-state index contributed by atoms with van der Waals surface area (Å²) in [7, 11) is 0. The largest absolute Gasteiger partial charge is 0.392 e. The third-order valence-corrected chi connectivity index (χ3v) is 6.17. The molecule has 21 heavy (non-hydrogen) atoms. The van der Waals surface area contributed by atoms with E-state index < -0.39 is 0 Å². The van der Waals surface area contributed by atoms with Crippen LogP contribution < -0.4 is 10.6 Å². The minimum atomic E-state index is -0.375. The first-order chi connectivity index (χ1) is 10.2. The number of nitrogens with one attached hydrogen (secondary N) is 2. The van der Waals surface area contributed by atoms with Gasteiger partial charge >= 0.3 is 0 Å². The van der Waals surface area contributed by atoms with E-state index in [1.54, 1.807) is 0 Å². The molecule has 2 saturated heterocycles. The smallest absolute Gasteiger partial charge is 0.237 e. The summed E-state index contributed by atoms with van der Waals surface area (Å²) < 4.78 is 0. The fourth-order valence-corrected chi connectivity index (χ4v) is 4.87. The third kappa shape index (κ3) is 3.55. The Morgan fingerprint density at radius 3 is 2.67 bits per heavy atom. The van der Waals surface area contributed by atoms with Crippen molar-refractivity contribution in [2.24, 2.45) is 0 Å². The van der Waals surface area contributed by atoms with Gasteiger partial charge in [-0.2, -0.15) is 11.8 Å². The molecule has 2 atom stereocenters. The third-order valence-electron chi connectivity index (χ3n) is 5.23. The van der Waals surface area contributed by atoms with Crippen molar-refractivity contribution < 1.29 is 9.90 Å². The molecule has 3 aliphatic rings. The van der Waals surface area contributed by atoms with Crippen LogP contribution in [0.2, 0.25) is 0 Å². The quantitative estimate of drug-likeness (QED) is 0.691. The van der Waals surface area contributed by atoms with Crippen LogP contribution in [0.15, 0.2) is 0 Å². The normalized spacial score (nSPS) is 33.2. The molecule has 1 aliphatic carbocycles. The number of hydrogen-bond acceptors (Lipinski definition) is 5. The molecule has 0 aromatic carbocycles. The number of rotatable bonds is 4. The lowest BCUT2D eigenvalue weighted by molar-refractivity contribution is -0.123. The second-order valence-corrected chi connectivity index (χ2v) is 7.82. The van der Waals surface area contributed by atoms with Gasteiger partial charge in [0.2, 0.25) is 5.91 Å². The average molecular weight is 313 g/mol. The van der Waals surface area contributed by atoms with Gasteiger partial charge in [-0.25, -0.2) is 0 Å². The summed E-state index contributed by atoms with van der Waals surface area (Å²) in [6.45, 7) is 3.61. The van der Waals surface area contributed by atoms with Gasteiger partial charge in [-0.15, -0.1) is 0 Å². The Morgan fingerprint density at radius 2 is 2.05 bits per heavy atom. The lowest BCUT2D eigenvalue weighted by Gasteiger charge is -2.43. The predicted molar refractivity (Wildman–Crippen MR) is 85.5 cm³/mol. The van der Waals surface area contributed by atoms with E-state index in [4.69, 9.17) is 0 Å². The highest BCUT2D eigenvalue weighted by molar-refractivity contribution is 7.99. The van der Waals surface area contributed by atoms with Crippen LogP contribution in [0.3, 0.4) is 0 Å². The van der Waals surface area contributed by atoms with Crippen LogP contribution >= 0.6 is 11.8 Å². The Kier molecular flexibility index (Phi) is 5.09. The molecular formula is C15H27N3O2S. The summed E-state index contributed by atoms with van der Waals surface area (Å²) in [6.07, 6.45) is 5.14. The molecule has 1 saturated carbocycles. The molecule has 0 aromatic heterocycles. The molecular weight excluding hydrogens is 286 g/mol. The maximum atomic E-state index is 12.3. The lowest BCUT2D eigenvalue weighted by Crippen LogP contribution is -2.57. The van der Waals surface area contributed by atoms with Crippen molar-refractivity contribution in [2.75, 3.05) is 37.7 Å². The number of nitrogens with zero attached hydrogens (tertiary/aromatic N) is 1. The van der Waals surface area contributed by atoms with Gasteiger partial charge in [-0.3, -0.25) is 9.69 Å². The van der Waals surface area contributed by atoms with Crippen molar-refractivity contribution in [1.29, 1.82) is 0 Å². The number of carbonyl (C=O) groups excluding carboxylic acids is 1. The predicted octanol–water partition coefficient (Wildman–Crippen LogP) is 0.187. The molecule has 3 rings (SSSR count). The van der Waals surface area contributed by atoms with Crippen molar-refractivity contribution in [3.8, 4) is 0 Å². The van der Waals surface area contributed by atoms with E-state index in [0.29, 0.717) is 13.0 Å². The Bertz CT molecular complexity index is 368. The van der Waals surface area contributed by atoms with Gasteiger partial charge in [0.1, 0.15) is 0 Å². The van der Waals surface area contributed by atoms with Crippen molar-refractivity contribution in [2.45, 2.75) is 49.8 Å². The van der Waals surface area contributed by atoms with Crippen LogP contribution in [0.1, 0.15) is 32.1 Å². The minimum absolute atomic E-state index is 0.0595. The van der Waals surface area contributed by atoms with Crippen LogP contribution in [-0.4, -0.2) is 71.3 Å². The van der Waals surface area contributed by atoms with E-state index in [2.05, 4.69) is 15.5 Å². The maximum absolute atomic E-state index is 12.3. The van der Waals surface area contributed by atoms with Crippen molar-refractivity contribution in [3.63, 3.8) is 0 Å². The van der Waals surface area contributed by atoms with E-state index in [-0.39, 0.29) is 23.6 Å². The minimum Gasteiger partial charge on any atom is -0.392 e.